The van der Waals surface area contributed by atoms with Gasteiger partial charge in [-0.3, -0.25) is 4.98 Å². The maximum Gasteiger partial charge on any atom is 0.339 e. The van der Waals surface area contributed by atoms with Crippen LogP contribution in [0.1, 0.15) is 20.7 Å². The zero-order valence-corrected chi connectivity index (χ0v) is 19.2. The van der Waals surface area contributed by atoms with Crippen molar-refractivity contribution in [2.45, 2.75) is 0 Å². The molecule has 0 amide bonds. The summed E-state index contributed by atoms with van der Waals surface area (Å²) in [5.41, 5.74) is 2.37. The van der Waals surface area contributed by atoms with Gasteiger partial charge in [-0.15, -0.1) is 0 Å². The molecule has 3 rings (SSSR count). The molecule has 0 aliphatic carbocycles. The van der Waals surface area contributed by atoms with E-state index < -0.39 is 11.9 Å². The maximum absolute atomic E-state index is 11.5. The molecule has 0 aliphatic rings. The second-order valence-electron chi connectivity index (χ2n) is 5.52. The average Bonchev–Trinajstić information content (AvgIpc) is 2.75. The number of methoxy groups -OCH3 is 2. The lowest BCUT2D eigenvalue weighted by molar-refractivity contribution is 0.0592. The molecule has 0 bridgehead atoms. The topological polar surface area (TPSA) is 65.5 Å². The zero-order chi connectivity index (χ0) is 21.4. The third-order valence-electron chi connectivity index (χ3n) is 3.67. The maximum atomic E-state index is 11.5. The summed E-state index contributed by atoms with van der Waals surface area (Å²) in [4.78, 5) is 26.8. The summed E-state index contributed by atoms with van der Waals surface area (Å²) in [5.74, 6) is -0.855. The van der Waals surface area contributed by atoms with Crippen molar-refractivity contribution in [2.24, 2.45) is 0 Å². The minimum atomic E-state index is -0.451. The number of rotatable bonds is 3. The van der Waals surface area contributed by atoms with Gasteiger partial charge in [-0.25, -0.2) is 9.59 Å². The van der Waals surface area contributed by atoms with E-state index >= 15 is 0 Å². The van der Waals surface area contributed by atoms with Crippen molar-refractivity contribution in [1.82, 2.24) is 4.98 Å². The van der Waals surface area contributed by atoms with Crippen LogP contribution in [0.3, 0.4) is 0 Å². The van der Waals surface area contributed by atoms with Gasteiger partial charge in [0.05, 0.1) is 41.1 Å². The van der Waals surface area contributed by atoms with Crippen LogP contribution in [0.15, 0.2) is 60.8 Å². The molecule has 0 radical (unpaired) electrons. The van der Waals surface area contributed by atoms with Gasteiger partial charge in [-0.05, 0) is 65.1 Å². The normalized spacial score (nSPS) is 9.83. The Bertz CT molecular complexity index is 1010. The van der Waals surface area contributed by atoms with Gasteiger partial charge in [-0.1, -0.05) is 35.3 Å². The van der Waals surface area contributed by atoms with E-state index in [2.05, 4.69) is 37.0 Å². The summed E-state index contributed by atoms with van der Waals surface area (Å²) < 4.78 is 10.2. The number of carbonyl (C=O) groups is 2. The number of carbonyl (C=O) groups excluding carboxylic acids is 2. The second-order valence-corrected chi connectivity index (χ2v) is 7.58. The van der Waals surface area contributed by atoms with Crippen LogP contribution in [0.5, 0.6) is 0 Å². The minimum absolute atomic E-state index is 0.345. The Kier molecular flexibility index (Phi) is 8.88. The van der Waals surface area contributed by atoms with Crippen molar-refractivity contribution in [3.63, 3.8) is 0 Å². The van der Waals surface area contributed by atoms with Gasteiger partial charge in [0, 0.05) is 15.3 Å². The number of ether oxygens (including phenoxy) is 2. The highest BCUT2D eigenvalue weighted by Crippen LogP contribution is 2.24. The summed E-state index contributed by atoms with van der Waals surface area (Å²) in [5, 5.41) is 0.791. The molecular formula is C21H16Cl2INO4. The summed E-state index contributed by atoms with van der Waals surface area (Å²) in [7, 11) is 2.66. The van der Waals surface area contributed by atoms with E-state index in [9.17, 15) is 9.59 Å². The molecule has 5 nitrogen and oxygen atoms in total. The number of benzene rings is 2. The number of aromatic nitrogens is 1. The molecule has 0 N–H and O–H groups in total. The molecule has 8 heteroatoms. The van der Waals surface area contributed by atoms with E-state index in [4.69, 9.17) is 23.2 Å². The SMILES string of the molecule is COC(=O)c1cc(-c2ccccn2)ccc1Cl.COC(=O)c1cc(I)ccc1Cl. The van der Waals surface area contributed by atoms with Crippen LogP contribution >= 0.6 is 45.8 Å². The Morgan fingerprint density at radius 2 is 1.45 bits per heavy atom. The van der Waals surface area contributed by atoms with Gasteiger partial charge in [0.15, 0.2) is 0 Å². The van der Waals surface area contributed by atoms with E-state index in [-0.39, 0.29) is 0 Å². The first-order valence-electron chi connectivity index (χ1n) is 8.20. The summed E-state index contributed by atoms with van der Waals surface area (Å²) >= 11 is 13.8. The van der Waals surface area contributed by atoms with Crippen LogP contribution in [-0.2, 0) is 9.47 Å². The number of hydrogen-bond acceptors (Lipinski definition) is 5. The Morgan fingerprint density at radius 1 is 0.862 bits per heavy atom. The van der Waals surface area contributed by atoms with Crippen molar-refractivity contribution in [3.05, 3.63) is 85.5 Å². The van der Waals surface area contributed by atoms with Crippen molar-refractivity contribution >= 4 is 57.7 Å². The highest BCUT2D eigenvalue weighted by Gasteiger charge is 2.12. The van der Waals surface area contributed by atoms with Gasteiger partial charge >= 0.3 is 11.9 Å². The van der Waals surface area contributed by atoms with Gasteiger partial charge in [0.2, 0.25) is 0 Å². The molecule has 150 valence electrons. The first-order chi connectivity index (χ1) is 13.9. The van der Waals surface area contributed by atoms with Gasteiger partial charge in [-0.2, -0.15) is 0 Å². The lowest BCUT2D eigenvalue weighted by Crippen LogP contribution is -2.02. The number of nitrogens with zero attached hydrogens (tertiary/aromatic N) is 1. The van der Waals surface area contributed by atoms with Gasteiger partial charge < -0.3 is 9.47 Å². The lowest BCUT2D eigenvalue weighted by atomic mass is 10.1. The third kappa shape index (κ3) is 6.42. The number of halogens is 3. The number of esters is 2. The third-order valence-corrected chi connectivity index (χ3v) is 5.00. The van der Waals surface area contributed by atoms with E-state index in [0.717, 1.165) is 14.8 Å². The summed E-state index contributed by atoms with van der Waals surface area (Å²) in [6, 6.07) is 15.9. The Morgan fingerprint density at radius 3 is 2.00 bits per heavy atom. The minimum Gasteiger partial charge on any atom is -0.465 e. The molecule has 0 atom stereocenters. The summed E-state index contributed by atoms with van der Waals surface area (Å²) in [6.45, 7) is 0. The molecule has 0 saturated heterocycles. The first kappa shape index (κ1) is 23.1. The number of pyridine rings is 1. The van der Waals surface area contributed by atoms with Gasteiger partial charge in [0.1, 0.15) is 0 Å². The highest BCUT2D eigenvalue weighted by molar-refractivity contribution is 14.1. The largest absolute Gasteiger partial charge is 0.465 e. The van der Waals surface area contributed by atoms with Crippen molar-refractivity contribution in [2.75, 3.05) is 14.2 Å². The Balaban J connectivity index is 0.000000221. The van der Waals surface area contributed by atoms with Crippen LogP contribution in [0, 0.1) is 3.57 Å². The number of hydrogen-bond donors (Lipinski definition) is 0. The van der Waals surface area contributed by atoms with E-state index in [1.807, 2.05) is 30.3 Å². The van der Waals surface area contributed by atoms with E-state index in [1.165, 1.54) is 14.2 Å². The van der Waals surface area contributed by atoms with Crippen molar-refractivity contribution in [1.29, 1.82) is 0 Å². The van der Waals surface area contributed by atoms with Gasteiger partial charge in [0.25, 0.3) is 0 Å². The molecule has 0 saturated carbocycles. The van der Waals surface area contributed by atoms with E-state index in [0.29, 0.717) is 21.2 Å². The fourth-order valence-electron chi connectivity index (χ4n) is 2.25. The predicted octanol–water partition coefficient (Wildman–Crippen LogP) is 5.92. The molecule has 1 aromatic heterocycles. The highest BCUT2D eigenvalue weighted by atomic mass is 127. The summed E-state index contributed by atoms with van der Waals surface area (Å²) in [6.07, 6.45) is 1.70. The zero-order valence-electron chi connectivity index (χ0n) is 15.5. The smallest absolute Gasteiger partial charge is 0.339 e. The fourth-order valence-corrected chi connectivity index (χ4v) is 3.13. The molecule has 2 aromatic carbocycles. The molecule has 3 aromatic rings. The van der Waals surface area contributed by atoms with Crippen LogP contribution in [0.25, 0.3) is 11.3 Å². The van der Waals surface area contributed by atoms with Crippen LogP contribution in [0.4, 0.5) is 0 Å². The quantitative estimate of drug-likeness (QED) is 0.303. The predicted molar refractivity (Wildman–Crippen MR) is 122 cm³/mol. The first-order valence-corrected chi connectivity index (χ1v) is 10.0. The lowest BCUT2D eigenvalue weighted by Gasteiger charge is -2.05. The average molecular weight is 544 g/mol. The Hall–Kier alpha value is -2.16. The fraction of sp³-hybridized carbons (Fsp3) is 0.0952. The molecule has 0 spiro atoms. The monoisotopic (exact) mass is 543 g/mol. The van der Waals surface area contributed by atoms with Crippen LogP contribution in [-0.4, -0.2) is 31.1 Å². The molecule has 29 heavy (non-hydrogen) atoms. The standard InChI is InChI=1S/C13H10ClNO2.C8H6ClIO2/c1-17-13(16)10-8-9(5-6-11(10)14)12-4-2-3-7-15-12;1-12-8(11)6-4-5(10)2-3-7(6)9/h2-8H,1H3;2-4H,1H3. The second kappa shape index (κ2) is 11.1. The molecular weight excluding hydrogens is 528 g/mol. The molecule has 0 unspecified atom stereocenters. The van der Waals surface area contributed by atoms with Crippen LogP contribution in [0.2, 0.25) is 10.0 Å². The molecule has 0 aliphatic heterocycles. The van der Waals surface area contributed by atoms with E-state index in [1.54, 1.807) is 30.5 Å². The van der Waals surface area contributed by atoms with Crippen LogP contribution < -0.4 is 0 Å². The molecule has 0 fully saturated rings. The Labute approximate surface area is 192 Å². The van der Waals surface area contributed by atoms with Crippen molar-refractivity contribution in [3.8, 4) is 11.3 Å². The molecule has 1 heterocycles. The van der Waals surface area contributed by atoms with Crippen molar-refractivity contribution < 1.29 is 19.1 Å².